The van der Waals surface area contributed by atoms with Crippen molar-refractivity contribution in [1.82, 2.24) is 4.98 Å². The fraction of sp³-hybridized carbons (Fsp3) is 0.645. The topological polar surface area (TPSA) is 12.9 Å². The molecule has 1 nitrogen and oxygen atoms in total. The van der Waals surface area contributed by atoms with Gasteiger partial charge in [-0.05, 0) is 79.7 Å². The lowest BCUT2D eigenvalue weighted by Crippen LogP contribution is -2.13. The molecule has 1 fully saturated rings. The van der Waals surface area contributed by atoms with Gasteiger partial charge in [0.2, 0.25) is 0 Å². The molecule has 182 valence electrons. The van der Waals surface area contributed by atoms with E-state index >= 15 is 0 Å². The number of nitrogens with zero attached hydrogens (tertiary/aromatic N) is 1. The third-order valence-electron chi connectivity index (χ3n) is 7.70. The summed E-state index contributed by atoms with van der Waals surface area (Å²) in [6.45, 7) is 4.54. The number of benzene rings is 1. The van der Waals surface area contributed by atoms with Gasteiger partial charge in [0.05, 0.1) is 5.69 Å². The van der Waals surface area contributed by atoms with Crippen molar-refractivity contribution in [2.75, 3.05) is 0 Å². The van der Waals surface area contributed by atoms with Gasteiger partial charge in [0.15, 0.2) is 0 Å². The first-order valence-corrected chi connectivity index (χ1v) is 14.0. The van der Waals surface area contributed by atoms with Crippen LogP contribution in [0.3, 0.4) is 0 Å². The highest BCUT2D eigenvalue weighted by Gasteiger charge is 2.22. The molecule has 2 aromatic rings. The van der Waals surface area contributed by atoms with Gasteiger partial charge >= 0.3 is 0 Å². The molecule has 0 radical (unpaired) electrons. The fourth-order valence-corrected chi connectivity index (χ4v) is 5.48. The van der Waals surface area contributed by atoms with Crippen molar-refractivity contribution in [3.63, 3.8) is 0 Å². The van der Waals surface area contributed by atoms with Crippen LogP contribution < -0.4 is 0 Å². The third-order valence-corrected chi connectivity index (χ3v) is 7.70. The molecule has 3 rings (SSSR count). The number of unbranched alkanes of at least 4 members (excludes halogenated alkanes) is 8. The Bertz CT molecular complexity index is 789. The zero-order chi connectivity index (χ0) is 23.3. The predicted molar refractivity (Wildman–Crippen MR) is 140 cm³/mol. The summed E-state index contributed by atoms with van der Waals surface area (Å²) in [5, 5.41) is 0. The number of aryl methyl sites for hydroxylation is 1. The second-order valence-corrected chi connectivity index (χ2v) is 10.4. The molecule has 0 unspecified atom stereocenters. The third kappa shape index (κ3) is 8.54. The van der Waals surface area contributed by atoms with E-state index in [1.54, 1.807) is 6.07 Å². The molecule has 0 aliphatic heterocycles. The number of aromatic nitrogens is 1. The summed E-state index contributed by atoms with van der Waals surface area (Å²) in [5.74, 6) is 1.42. The first kappa shape index (κ1) is 25.9. The largest absolute Gasteiger partial charge is 0.256 e. The van der Waals surface area contributed by atoms with Gasteiger partial charge in [-0.2, -0.15) is 0 Å². The number of pyridine rings is 1. The maximum absolute atomic E-state index is 14.8. The Balaban J connectivity index is 1.46. The van der Waals surface area contributed by atoms with Gasteiger partial charge in [-0.25, -0.2) is 4.39 Å². The molecule has 0 spiro atoms. The highest BCUT2D eigenvalue weighted by Crippen LogP contribution is 2.38. The van der Waals surface area contributed by atoms with Crippen LogP contribution in [-0.4, -0.2) is 4.98 Å². The van der Waals surface area contributed by atoms with E-state index in [1.165, 1.54) is 95.5 Å². The summed E-state index contributed by atoms with van der Waals surface area (Å²) in [7, 11) is 0. The predicted octanol–water partition coefficient (Wildman–Crippen LogP) is 10.0. The summed E-state index contributed by atoms with van der Waals surface area (Å²) in [5.41, 5.74) is 3.83. The number of hydrogen-bond donors (Lipinski definition) is 0. The summed E-state index contributed by atoms with van der Waals surface area (Å²) in [4.78, 5) is 4.67. The molecule has 2 heteroatoms. The number of hydrogen-bond acceptors (Lipinski definition) is 1. The molecule has 1 aromatic heterocycles. The van der Waals surface area contributed by atoms with E-state index in [9.17, 15) is 4.39 Å². The van der Waals surface area contributed by atoms with Gasteiger partial charge in [-0.1, -0.05) is 90.2 Å². The molecule has 0 N–H and O–H groups in total. The van der Waals surface area contributed by atoms with Crippen molar-refractivity contribution in [1.29, 1.82) is 0 Å². The molecule has 1 aromatic carbocycles. The lowest BCUT2D eigenvalue weighted by molar-refractivity contribution is 0.302. The quantitative estimate of drug-likeness (QED) is 0.260. The van der Waals surface area contributed by atoms with Crippen LogP contribution in [0.2, 0.25) is 0 Å². The Morgan fingerprint density at radius 3 is 2.15 bits per heavy atom. The van der Waals surface area contributed by atoms with Crippen molar-refractivity contribution in [2.45, 2.75) is 122 Å². The molecular formula is C31H46FN. The van der Waals surface area contributed by atoms with Crippen molar-refractivity contribution in [3.8, 4) is 11.3 Å². The monoisotopic (exact) mass is 451 g/mol. The smallest absolute Gasteiger partial charge is 0.132 e. The molecule has 0 bridgehead atoms. The zero-order valence-corrected chi connectivity index (χ0v) is 21.3. The van der Waals surface area contributed by atoms with Crippen LogP contribution in [0.15, 0.2) is 36.5 Å². The normalized spacial score (nSPS) is 18.5. The van der Waals surface area contributed by atoms with Crippen LogP contribution in [0, 0.1) is 11.7 Å². The van der Waals surface area contributed by atoms with Crippen molar-refractivity contribution >= 4 is 0 Å². The minimum Gasteiger partial charge on any atom is -0.256 e. The summed E-state index contributed by atoms with van der Waals surface area (Å²) < 4.78 is 14.8. The second kappa shape index (κ2) is 14.5. The molecule has 33 heavy (non-hydrogen) atoms. The van der Waals surface area contributed by atoms with E-state index in [-0.39, 0.29) is 5.82 Å². The van der Waals surface area contributed by atoms with Crippen molar-refractivity contribution in [2.24, 2.45) is 5.92 Å². The lowest BCUT2D eigenvalue weighted by atomic mass is 9.77. The van der Waals surface area contributed by atoms with E-state index in [0.717, 1.165) is 30.0 Å². The highest BCUT2D eigenvalue weighted by molar-refractivity contribution is 5.60. The minimum absolute atomic E-state index is 0.136. The van der Waals surface area contributed by atoms with Crippen LogP contribution in [-0.2, 0) is 6.42 Å². The standard InChI is InChI=1S/C31H46FN/c1-3-5-7-8-9-10-12-14-26-17-21-29(30(32)23-26)31-22-20-28(24-33-31)27-18-15-25(16-19-27)13-11-6-4-2/h17,20-25,27H,3-16,18-19H2,1-2H3. The Labute approximate surface area is 202 Å². The molecule has 1 heterocycles. The van der Waals surface area contributed by atoms with Crippen LogP contribution in [0.1, 0.15) is 127 Å². The summed E-state index contributed by atoms with van der Waals surface area (Å²) >= 11 is 0. The second-order valence-electron chi connectivity index (χ2n) is 10.4. The van der Waals surface area contributed by atoms with Gasteiger partial charge in [-0.3, -0.25) is 4.98 Å². The molecule has 1 aliphatic rings. The molecule has 0 amide bonds. The van der Waals surface area contributed by atoms with Gasteiger partial charge < -0.3 is 0 Å². The van der Waals surface area contributed by atoms with E-state index in [4.69, 9.17) is 0 Å². The summed E-state index contributed by atoms with van der Waals surface area (Å²) in [6, 6.07) is 9.95. The van der Waals surface area contributed by atoms with Crippen LogP contribution in [0.25, 0.3) is 11.3 Å². The Hall–Kier alpha value is -1.70. The van der Waals surface area contributed by atoms with E-state index < -0.39 is 0 Å². The first-order valence-electron chi connectivity index (χ1n) is 14.0. The SMILES string of the molecule is CCCCCCCCCc1ccc(-c2ccc(C3CCC(CCCCC)CC3)cn2)c(F)c1. The Kier molecular flexibility index (Phi) is 11.4. The molecule has 1 aliphatic carbocycles. The average molecular weight is 452 g/mol. The number of halogens is 1. The Morgan fingerprint density at radius 1 is 0.788 bits per heavy atom. The molecule has 0 saturated heterocycles. The highest BCUT2D eigenvalue weighted by atomic mass is 19.1. The van der Waals surface area contributed by atoms with Crippen molar-refractivity contribution < 1.29 is 4.39 Å². The maximum atomic E-state index is 14.8. The maximum Gasteiger partial charge on any atom is 0.132 e. The van der Waals surface area contributed by atoms with E-state index in [1.807, 2.05) is 18.3 Å². The van der Waals surface area contributed by atoms with Crippen LogP contribution >= 0.6 is 0 Å². The van der Waals surface area contributed by atoms with E-state index in [2.05, 4.69) is 31.0 Å². The van der Waals surface area contributed by atoms with Gasteiger partial charge in [0.1, 0.15) is 5.82 Å². The zero-order valence-electron chi connectivity index (χ0n) is 21.3. The molecule has 1 saturated carbocycles. The molecular weight excluding hydrogens is 405 g/mol. The van der Waals surface area contributed by atoms with Gasteiger partial charge in [0.25, 0.3) is 0 Å². The minimum atomic E-state index is -0.136. The molecule has 0 atom stereocenters. The average Bonchev–Trinajstić information content (AvgIpc) is 2.84. The lowest BCUT2D eigenvalue weighted by Gasteiger charge is -2.28. The fourth-order valence-electron chi connectivity index (χ4n) is 5.48. The first-order chi connectivity index (χ1) is 16.2. The summed E-state index contributed by atoms with van der Waals surface area (Å²) in [6.07, 6.45) is 22.8. The van der Waals surface area contributed by atoms with E-state index in [0.29, 0.717) is 11.5 Å². The van der Waals surface area contributed by atoms with Gasteiger partial charge in [0, 0.05) is 11.8 Å². The Morgan fingerprint density at radius 2 is 1.48 bits per heavy atom. The van der Waals surface area contributed by atoms with Crippen molar-refractivity contribution in [3.05, 3.63) is 53.5 Å². The van der Waals surface area contributed by atoms with Gasteiger partial charge in [-0.15, -0.1) is 0 Å². The van der Waals surface area contributed by atoms with Crippen LogP contribution in [0.4, 0.5) is 4.39 Å². The number of rotatable bonds is 14. The van der Waals surface area contributed by atoms with Crippen LogP contribution in [0.5, 0.6) is 0 Å².